The lowest BCUT2D eigenvalue weighted by atomic mass is 9.88. The highest BCUT2D eigenvalue weighted by molar-refractivity contribution is 5.94. The van der Waals surface area contributed by atoms with Crippen LogP contribution in [0.2, 0.25) is 0 Å². The molecular formula is C15H19F3N2O. The average molecular weight is 300 g/mol. The van der Waals surface area contributed by atoms with E-state index in [2.05, 4.69) is 5.32 Å². The van der Waals surface area contributed by atoms with Crippen LogP contribution in [0, 0.1) is 6.92 Å². The molecular weight excluding hydrogens is 281 g/mol. The molecule has 1 aromatic carbocycles. The molecule has 6 heteroatoms. The first-order chi connectivity index (χ1) is 9.85. The second-order valence-electron chi connectivity index (χ2n) is 5.45. The predicted octanol–water partition coefficient (Wildman–Crippen LogP) is 2.75. The van der Waals surface area contributed by atoms with Crippen LogP contribution in [0.15, 0.2) is 18.2 Å². The number of nitrogens with one attached hydrogen (secondary N) is 2. The van der Waals surface area contributed by atoms with Gasteiger partial charge in [-0.15, -0.1) is 0 Å². The molecule has 2 N–H and O–H groups in total. The first-order valence-corrected chi connectivity index (χ1v) is 7.02. The van der Waals surface area contributed by atoms with Gasteiger partial charge in [-0.2, -0.15) is 13.2 Å². The Morgan fingerprint density at radius 1 is 1.29 bits per heavy atom. The van der Waals surface area contributed by atoms with Crippen LogP contribution in [0.5, 0.6) is 0 Å². The van der Waals surface area contributed by atoms with Gasteiger partial charge in [0.25, 0.3) is 5.91 Å². The lowest BCUT2D eigenvalue weighted by molar-refractivity contribution is -0.123. The van der Waals surface area contributed by atoms with Crippen LogP contribution >= 0.6 is 0 Å². The second-order valence-corrected chi connectivity index (χ2v) is 5.45. The van der Waals surface area contributed by atoms with E-state index in [0.29, 0.717) is 11.5 Å². The zero-order valence-electron chi connectivity index (χ0n) is 11.9. The Kier molecular flexibility index (Phi) is 4.88. The van der Waals surface area contributed by atoms with Gasteiger partial charge in [-0.3, -0.25) is 4.79 Å². The monoisotopic (exact) mass is 300 g/mol. The average Bonchev–Trinajstić information content (AvgIpc) is 2.44. The lowest BCUT2D eigenvalue weighted by Gasteiger charge is -2.23. The molecule has 1 aromatic rings. The first-order valence-electron chi connectivity index (χ1n) is 7.02. The van der Waals surface area contributed by atoms with Gasteiger partial charge in [-0.05, 0) is 56.5 Å². The van der Waals surface area contributed by atoms with Crippen molar-refractivity contribution in [1.82, 2.24) is 10.6 Å². The molecule has 1 aliphatic rings. The van der Waals surface area contributed by atoms with Gasteiger partial charge >= 0.3 is 6.18 Å². The van der Waals surface area contributed by atoms with E-state index in [0.717, 1.165) is 37.1 Å². The zero-order chi connectivity index (χ0) is 15.5. The summed E-state index contributed by atoms with van der Waals surface area (Å²) < 4.78 is 36.5. The zero-order valence-corrected chi connectivity index (χ0v) is 11.9. The molecule has 0 bridgehead atoms. The van der Waals surface area contributed by atoms with Crippen molar-refractivity contribution in [3.63, 3.8) is 0 Å². The largest absolute Gasteiger partial charge is 0.405 e. The summed E-state index contributed by atoms with van der Waals surface area (Å²) in [5.41, 5.74) is 2.23. The van der Waals surface area contributed by atoms with Crippen molar-refractivity contribution >= 4 is 5.91 Å². The summed E-state index contributed by atoms with van der Waals surface area (Å²) in [7, 11) is 0. The standard InChI is InChI=1S/C15H19F3N2O/c1-10-6-12(11-2-4-19-5-3-11)8-13(7-10)14(21)20-9-15(16,17)18/h6-8,11,19H,2-5,9H2,1H3,(H,20,21). The van der Waals surface area contributed by atoms with E-state index in [9.17, 15) is 18.0 Å². The minimum Gasteiger partial charge on any atom is -0.343 e. The number of benzene rings is 1. The number of carbonyl (C=O) groups excluding carboxylic acids is 1. The summed E-state index contributed by atoms with van der Waals surface area (Å²) in [6, 6.07) is 5.35. The summed E-state index contributed by atoms with van der Waals surface area (Å²) in [6.07, 6.45) is -2.43. The molecule has 3 nitrogen and oxygen atoms in total. The summed E-state index contributed by atoms with van der Waals surface area (Å²) in [5.74, 6) is -0.313. The molecule has 0 radical (unpaired) electrons. The van der Waals surface area contributed by atoms with Gasteiger partial charge < -0.3 is 10.6 Å². The fourth-order valence-corrected chi connectivity index (χ4v) is 2.62. The Morgan fingerprint density at radius 3 is 2.57 bits per heavy atom. The lowest BCUT2D eigenvalue weighted by Crippen LogP contribution is -2.33. The normalized spacial score (nSPS) is 16.8. The second kappa shape index (κ2) is 6.47. The van der Waals surface area contributed by atoms with Crippen LogP contribution in [-0.4, -0.2) is 31.7 Å². The molecule has 0 saturated carbocycles. The van der Waals surface area contributed by atoms with E-state index in [1.807, 2.05) is 18.3 Å². The van der Waals surface area contributed by atoms with Gasteiger partial charge in [-0.25, -0.2) is 0 Å². The fourth-order valence-electron chi connectivity index (χ4n) is 2.62. The SMILES string of the molecule is Cc1cc(C(=O)NCC(F)(F)F)cc(C2CCNCC2)c1. The van der Waals surface area contributed by atoms with Crippen molar-refractivity contribution in [2.75, 3.05) is 19.6 Å². The Bertz CT molecular complexity index is 508. The third-order valence-electron chi connectivity index (χ3n) is 3.62. The number of amides is 1. The van der Waals surface area contributed by atoms with Gasteiger partial charge in [-0.1, -0.05) is 11.6 Å². The van der Waals surface area contributed by atoms with Gasteiger partial charge in [0.15, 0.2) is 0 Å². The van der Waals surface area contributed by atoms with E-state index in [1.165, 1.54) is 0 Å². The Balaban J connectivity index is 2.12. The van der Waals surface area contributed by atoms with E-state index in [-0.39, 0.29) is 0 Å². The highest BCUT2D eigenvalue weighted by Gasteiger charge is 2.28. The molecule has 116 valence electrons. The van der Waals surface area contributed by atoms with E-state index < -0.39 is 18.6 Å². The molecule has 1 heterocycles. The van der Waals surface area contributed by atoms with Gasteiger partial charge in [0.1, 0.15) is 6.54 Å². The van der Waals surface area contributed by atoms with Crippen LogP contribution in [0.1, 0.15) is 40.2 Å². The van der Waals surface area contributed by atoms with E-state index >= 15 is 0 Å². The molecule has 1 amide bonds. The number of hydrogen-bond acceptors (Lipinski definition) is 2. The molecule has 0 spiro atoms. The number of hydrogen-bond donors (Lipinski definition) is 2. The number of carbonyl (C=O) groups is 1. The number of piperidine rings is 1. The van der Waals surface area contributed by atoms with Crippen molar-refractivity contribution in [2.24, 2.45) is 0 Å². The molecule has 1 aliphatic heterocycles. The maximum atomic E-state index is 12.2. The summed E-state index contributed by atoms with van der Waals surface area (Å²) >= 11 is 0. The number of halogens is 3. The third kappa shape index (κ3) is 4.74. The molecule has 0 unspecified atom stereocenters. The predicted molar refractivity (Wildman–Crippen MR) is 74.4 cm³/mol. The van der Waals surface area contributed by atoms with Crippen molar-refractivity contribution in [2.45, 2.75) is 31.9 Å². The van der Waals surface area contributed by atoms with Crippen LogP contribution in [0.25, 0.3) is 0 Å². The van der Waals surface area contributed by atoms with Crippen LogP contribution in [0.4, 0.5) is 13.2 Å². The minimum atomic E-state index is -4.39. The molecule has 1 fully saturated rings. The fraction of sp³-hybridized carbons (Fsp3) is 0.533. The van der Waals surface area contributed by atoms with Crippen LogP contribution < -0.4 is 10.6 Å². The molecule has 21 heavy (non-hydrogen) atoms. The van der Waals surface area contributed by atoms with Crippen LogP contribution in [-0.2, 0) is 0 Å². The molecule has 0 aromatic heterocycles. The number of aryl methyl sites for hydroxylation is 1. The highest BCUT2D eigenvalue weighted by Crippen LogP contribution is 2.27. The number of rotatable bonds is 3. The highest BCUT2D eigenvalue weighted by atomic mass is 19.4. The summed E-state index contributed by atoms with van der Waals surface area (Å²) in [6.45, 7) is 2.40. The molecule has 0 atom stereocenters. The quantitative estimate of drug-likeness (QED) is 0.901. The van der Waals surface area contributed by atoms with E-state index in [1.54, 1.807) is 12.1 Å². The summed E-state index contributed by atoms with van der Waals surface area (Å²) in [5, 5.41) is 5.19. The smallest absolute Gasteiger partial charge is 0.343 e. The Morgan fingerprint density at radius 2 is 1.95 bits per heavy atom. The van der Waals surface area contributed by atoms with Crippen molar-refractivity contribution in [1.29, 1.82) is 0 Å². The van der Waals surface area contributed by atoms with Crippen LogP contribution in [0.3, 0.4) is 0 Å². The number of alkyl halides is 3. The molecule has 0 aliphatic carbocycles. The topological polar surface area (TPSA) is 41.1 Å². The van der Waals surface area contributed by atoms with Gasteiger partial charge in [0.05, 0.1) is 0 Å². The van der Waals surface area contributed by atoms with Crippen molar-refractivity contribution < 1.29 is 18.0 Å². The molecule has 2 rings (SSSR count). The maximum absolute atomic E-state index is 12.2. The summed E-state index contributed by atoms with van der Waals surface area (Å²) in [4.78, 5) is 11.9. The third-order valence-corrected chi connectivity index (χ3v) is 3.62. The van der Waals surface area contributed by atoms with Gasteiger partial charge in [0, 0.05) is 5.56 Å². The Hall–Kier alpha value is -1.56. The van der Waals surface area contributed by atoms with E-state index in [4.69, 9.17) is 0 Å². The van der Waals surface area contributed by atoms with Gasteiger partial charge in [0.2, 0.25) is 0 Å². The van der Waals surface area contributed by atoms with Crippen molar-refractivity contribution in [3.8, 4) is 0 Å². The Labute approximate surface area is 121 Å². The van der Waals surface area contributed by atoms with Crippen molar-refractivity contribution in [3.05, 3.63) is 34.9 Å². The molecule has 1 saturated heterocycles. The maximum Gasteiger partial charge on any atom is 0.405 e. The first kappa shape index (κ1) is 15.8. The minimum absolute atomic E-state index is 0.299.